The van der Waals surface area contributed by atoms with E-state index >= 15 is 0 Å². The van der Waals surface area contributed by atoms with E-state index in [9.17, 15) is 0 Å². The summed E-state index contributed by atoms with van der Waals surface area (Å²) < 4.78 is 12.4. The number of benzene rings is 2. The van der Waals surface area contributed by atoms with Crippen molar-refractivity contribution in [3.05, 3.63) is 48.5 Å². The molecule has 0 aliphatic carbocycles. The molecule has 4 nitrogen and oxygen atoms in total. The van der Waals surface area contributed by atoms with Gasteiger partial charge in [-0.15, -0.1) is 0 Å². The second-order valence-corrected chi connectivity index (χ2v) is 12.2. The van der Waals surface area contributed by atoms with Gasteiger partial charge in [0.2, 0.25) is 0 Å². The molecular formula is C36H58N2O2. The van der Waals surface area contributed by atoms with E-state index in [-0.39, 0.29) is 0 Å². The first-order valence-electron chi connectivity index (χ1n) is 16.6. The third-order valence-electron chi connectivity index (χ3n) is 8.25. The van der Waals surface area contributed by atoms with Gasteiger partial charge in [0.15, 0.2) is 0 Å². The summed E-state index contributed by atoms with van der Waals surface area (Å²) in [7, 11) is 0. The van der Waals surface area contributed by atoms with Gasteiger partial charge in [0.05, 0.1) is 24.6 Å². The molecule has 0 saturated carbocycles. The molecule has 40 heavy (non-hydrogen) atoms. The van der Waals surface area contributed by atoms with Gasteiger partial charge in [0, 0.05) is 13.1 Å². The number of fused-ring (bicyclic) bond motifs is 2. The maximum atomic E-state index is 6.18. The van der Waals surface area contributed by atoms with Crippen molar-refractivity contribution in [1.82, 2.24) is 0 Å². The van der Waals surface area contributed by atoms with Gasteiger partial charge in [-0.2, -0.15) is 0 Å². The van der Waals surface area contributed by atoms with Crippen LogP contribution in [0.5, 0.6) is 11.5 Å². The van der Waals surface area contributed by atoms with Gasteiger partial charge >= 0.3 is 0 Å². The maximum absolute atomic E-state index is 6.18. The van der Waals surface area contributed by atoms with E-state index in [1.807, 2.05) is 0 Å². The molecule has 2 aromatic rings. The quantitative estimate of drug-likeness (QED) is 0.342. The summed E-state index contributed by atoms with van der Waals surface area (Å²) in [6.07, 6.45) is 20.7. The fourth-order valence-electron chi connectivity index (χ4n) is 5.57. The van der Waals surface area contributed by atoms with Crippen LogP contribution in [0.4, 0.5) is 11.4 Å². The summed E-state index contributed by atoms with van der Waals surface area (Å²) in [6, 6.07) is 16.9. The Morgan fingerprint density at radius 3 is 1.25 bits per heavy atom. The number of hydrogen-bond donors (Lipinski definition) is 2. The Hall–Kier alpha value is -2.36. The number of ether oxygens (including phenoxy) is 2. The third-order valence-corrected chi connectivity index (χ3v) is 8.25. The SMILES string of the molecule is CC1CCCCCCCCCOc2ccccc2NCC(C)CCCCCCCCCOc2ccccc2NC1. The molecule has 4 heteroatoms. The highest BCUT2D eigenvalue weighted by atomic mass is 16.5. The van der Waals surface area contributed by atoms with Gasteiger partial charge in [-0.1, -0.05) is 115 Å². The summed E-state index contributed by atoms with van der Waals surface area (Å²) in [6.45, 7) is 8.39. The lowest BCUT2D eigenvalue weighted by Crippen LogP contribution is -2.12. The highest BCUT2D eigenvalue weighted by Crippen LogP contribution is 2.26. The van der Waals surface area contributed by atoms with Crippen molar-refractivity contribution in [2.45, 2.75) is 117 Å². The predicted molar refractivity (Wildman–Crippen MR) is 173 cm³/mol. The minimum Gasteiger partial charge on any atom is -0.491 e. The van der Waals surface area contributed by atoms with E-state index in [4.69, 9.17) is 9.47 Å². The summed E-state index contributed by atoms with van der Waals surface area (Å²) in [4.78, 5) is 0. The molecule has 0 amide bonds. The molecule has 0 radical (unpaired) electrons. The zero-order chi connectivity index (χ0) is 28.1. The topological polar surface area (TPSA) is 42.5 Å². The van der Waals surface area contributed by atoms with Gasteiger partial charge in [-0.25, -0.2) is 0 Å². The maximum Gasteiger partial charge on any atom is 0.142 e. The minimum atomic E-state index is 0.672. The molecule has 2 N–H and O–H groups in total. The van der Waals surface area contributed by atoms with E-state index < -0.39 is 0 Å². The van der Waals surface area contributed by atoms with Gasteiger partial charge in [0.1, 0.15) is 11.5 Å². The van der Waals surface area contributed by atoms with Crippen LogP contribution in [0.25, 0.3) is 0 Å². The number of para-hydroxylation sites is 4. The second kappa shape index (κ2) is 20.5. The van der Waals surface area contributed by atoms with Crippen LogP contribution in [-0.2, 0) is 0 Å². The van der Waals surface area contributed by atoms with Crippen LogP contribution in [0.15, 0.2) is 48.5 Å². The average Bonchev–Trinajstić information content (AvgIpc) is 2.97. The van der Waals surface area contributed by atoms with Crippen molar-refractivity contribution >= 4 is 11.4 Å². The molecule has 0 saturated heterocycles. The summed E-state index contributed by atoms with van der Waals surface area (Å²) >= 11 is 0. The van der Waals surface area contributed by atoms with E-state index in [2.05, 4.69) is 73.0 Å². The van der Waals surface area contributed by atoms with Crippen LogP contribution in [0.1, 0.15) is 117 Å². The molecule has 3 rings (SSSR count). The van der Waals surface area contributed by atoms with Crippen LogP contribution in [0, 0.1) is 11.8 Å². The average molecular weight is 551 g/mol. The van der Waals surface area contributed by atoms with Crippen molar-refractivity contribution in [3.8, 4) is 11.5 Å². The highest BCUT2D eigenvalue weighted by molar-refractivity contribution is 5.56. The van der Waals surface area contributed by atoms with Crippen LogP contribution in [0.3, 0.4) is 0 Å². The zero-order valence-electron chi connectivity index (χ0n) is 25.7. The molecule has 224 valence electrons. The Balaban J connectivity index is 1.42. The van der Waals surface area contributed by atoms with Gasteiger partial charge in [0.25, 0.3) is 0 Å². The first kappa shape index (κ1) is 32.2. The predicted octanol–water partition coefficient (Wildman–Crippen LogP) is 10.5. The molecule has 2 aromatic carbocycles. The Kier molecular flexibility index (Phi) is 16.5. The minimum absolute atomic E-state index is 0.672. The van der Waals surface area contributed by atoms with E-state index in [1.54, 1.807) is 0 Å². The third kappa shape index (κ3) is 13.8. The van der Waals surface area contributed by atoms with Gasteiger partial charge < -0.3 is 20.1 Å². The molecule has 2 atom stereocenters. The van der Waals surface area contributed by atoms with E-state index in [0.29, 0.717) is 11.8 Å². The van der Waals surface area contributed by atoms with Crippen molar-refractivity contribution in [2.24, 2.45) is 11.8 Å². The lowest BCUT2D eigenvalue weighted by molar-refractivity contribution is 0.305. The van der Waals surface area contributed by atoms with E-state index in [0.717, 1.165) is 62.0 Å². The molecule has 1 aliphatic heterocycles. The smallest absolute Gasteiger partial charge is 0.142 e. The fourth-order valence-corrected chi connectivity index (χ4v) is 5.57. The van der Waals surface area contributed by atoms with Gasteiger partial charge in [-0.05, 0) is 61.8 Å². The molecule has 1 heterocycles. The van der Waals surface area contributed by atoms with Crippen molar-refractivity contribution < 1.29 is 9.47 Å². The Bertz CT molecular complexity index is 828. The lowest BCUT2D eigenvalue weighted by Gasteiger charge is -2.17. The summed E-state index contributed by atoms with van der Waals surface area (Å²) in [5, 5.41) is 7.32. The molecule has 0 fully saturated rings. The number of hydrogen-bond acceptors (Lipinski definition) is 4. The first-order valence-corrected chi connectivity index (χ1v) is 16.6. The molecule has 0 bridgehead atoms. The van der Waals surface area contributed by atoms with Crippen LogP contribution in [-0.4, -0.2) is 26.3 Å². The van der Waals surface area contributed by atoms with Crippen molar-refractivity contribution in [1.29, 1.82) is 0 Å². The molecule has 2 unspecified atom stereocenters. The monoisotopic (exact) mass is 550 g/mol. The Morgan fingerprint density at radius 2 is 0.825 bits per heavy atom. The molecular weight excluding hydrogens is 492 g/mol. The first-order chi connectivity index (χ1) is 19.7. The largest absolute Gasteiger partial charge is 0.491 e. The van der Waals surface area contributed by atoms with Crippen LogP contribution < -0.4 is 20.1 Å². The number of nitrogens with one attached hydrogen (secondary N) is 2. The molecule has 0 spiro atoms. The number of rotatable bonds is 0. The van der Waals surface area contributed by atoms with Crippen molar-refractivity contribution in [3.63, 3.8) is 0 Å². The Labute approximate surface area is 246 Å². The second-order valence-electron chi connectivity index (χ2n) is 12.2. The van der Waals surface area contributed by atoms with Gasteiger partial charge in [-0.3, -0.25) is 0 Å². The fraction of sp³-hybridized carbons (Fsp3) is 0.667. The lowest BCUT2D eigenvalue weighted by atomic mass is 10.0. The van der Waals surface area contributed by atoms with Crippen LogP contribution >= 0.6 is 0 Å². The van der Waals surface area contributed by atoms with Crippen molar-refractivity contribution in [2.75, 3.05) is 36.9 Å². The normalized spacial score (nSPS) is 22.6. The van der Waals surface area contributed by atoms with E-state index in [1.165, 1.54) is 89.9 Å². The summed E-state index contributed by atoms with van der Waals surface area (Å²) in [5.41, 5.74) is 2.29. The zero-order valence-corrected chi connectivity index (χ0v) is 25.7. The standard InChI is InChI=1S/C36H58N2O2/c1-31-21-13-9-5-3-7-11-20-28-40-36-26-18-16-24-34(36)38-30-32(2)22-14-10-6-4-8-12-19-27-39-35-25-17-15-23-33(35)37-29-31/h15-18,23-26,31-32,37-38H,3-14,19-22,27-30H2,1-2H3. The molecule has 1 aliphatic rings. The van der Waals surface area contributed by atoms with Crippen LogP contribution in [0.2, 0.25) is 0 Å². The number of anilines is 2. The highest BCUT2D eigenvalue weighted by Gasteiger charge is 2.08. The summed E-state index contributed by atoms with van der Waals surface area (Å²) in [5.74, 6) is 3.36. The Morgan fingerprint density at radius 1 is 0.475 bits per heavy atom. The molecule has 0 aromatic heterocycles.